The van der Waals surface area contributed by atoms with Gasteiger partial charge in [-0.25, -0.2) is 8.42 Å². The summed E-state index contributed by atoms with van der Waals surface area (Å²) >= 11 is 0. The number of nitrogens with one attached hydrogen (secondary N) is 1. The van der Waals surface area contributed by atoms with Gasteiger partial charge in [0, 0.05) is 26.1 Å². The second-order valence-electron chi connectivity index (χ2n) is 7.38. The zero-order chi connectivity index (χ0) is 20.9. The SMILES string of the molecule is COC[C@H](C)NC(=O)CCc1ccc(S(=O)(=O)N2CCCc3ccccc32)cc1. The Morgan fingerprint density at radius 2 is 1.90 bits per heavy atom. The van der Waals surface area contributed by atoms with Gasteiger partial charge in [0.25, 0.3) is 10.0 Å². The zero-order valence-electron chi connectivity index (χ0n) is 16.9. The second-order valence-corrected chi connectivity index (χ2v) is 9.24. The summed E-state index contributed by atoms with van der Waals surface area (Å²) in [7, 11) is -2.01. The Balaban J connectivity index is 1.66. The van der Waals surface area contributed by atoms with Crippen LogP contribution in [0.3, 0.4) is 0 Å². The van der Waals surface area contributed by atoms with E-state index in [1.165, 1.54) is 4.31 Å². The average Bonchev–Trinajstić information content (AvgIpc) is 2.72. The number of carbonyl (C=O) groups excluding carboxylic acids is 1. The molecule has 0 aliphatic carbocycles. The van der Waals surface area contributed by atoms with Crippen molar-refractivity contribution in [3.63, 3.8) is 0 Å². The van der Waals surface area contributed by atoms with E-state index >= 15 is 0 Å². The van der Waals surface area contributed by atoms with Gasteiger partial charge in [0.1, 0.15) is 0 Å². The minimum Gasteiger partial charge on any atom is -0.383 e. The Morgan fingerprint density at radius 3 is 2.62 bits per heavy atom. The topological polar surface area (TPSA) is 75.7 Å². The summed E-state index contributed by atoms with van der Waals surface area (Å²) in [5.41, 5.74) is 2.76. The predicted octanol–water partition coefficient (Wildman–Crippen LogP) is 2.91. The minimum atomic E-state index is -3.61. The lowest BCUT2D eigenvalue weighted by molar-refractivity contribution is -0.122. The van der Waals surface area contributed by atoms with Crippen LogP contribution >= 0.6 is 0 Å². The van der Waals surface area contributed by atoms with E-state index in [2.05, 4.69) is 5.32 Å². The summed E-state index contributed by atoms with van der Waals surface area (Å²) in [6, 6.07) is 14.5. The molecule has 1 aliphatic heterocycles. The molecule has 0 aromatic heterocycles. The fourth-order valence-corrected chi connectivity index (χ4v) is 5.14. The van der Waals surface area contributed by atoms with Crippen molar-refractivity contribution in [1.82, 2.24) is 5.32 Å². The predicted molar refractivity (Wildman–Crippen MR) is 114 cm³/mol. The molecule has 2 aromatic rings. The van der Waals surface area contributed by atoms with Crippen LogP contribution in [0.2, 0.25) is 0 Å². The van der Waals surface area contributed by atoms with E-state index in [1.807, 2.05) is 31.2 Å². The molecular weight excluding hydrogens is 388 g/mol. The van der Waals surface area contributed by atoms with Crippen LogP contribution in [-0.4, -0.2) is 40.6 Å². The molecule has 1 N–H and O–H groups in total. The maximum absolute atomic E-state index is 13.2. The van der Waals surface area contributed by atoms with Gasteiger partial charge in [-0.05, 0) is 55.5 Å². The summed E-state index contributed by atoms with van der Waals surface area (Å²) in [5, 5.41) is 2.87. The molecule has 1 aliphatic rings. The van der Waals surface area contributed by atoms with E-state index in [9.17, 15) is 13.2 Å². The van der Waals surface area contributed by atoms with Crippen LogP contribution in [0.15, 0.2) is 53.4 Å². The first-order valence-electron chi connectivity index (χ1n) is 9.89. The number of amides is 1. The number of aryl methyl sites for hydroxylation is 2. The highest BCUT2D eigenvalue weighted by Crippen LogP contribution is 2.31. The van der Waals surface area contributed by atoms with Crippen molar-refractivity contribution in [2.75, 3.05) is 24.6 Å². The number of nitrogens with zero attached hydrogens (tertiary/aromatic N) is 1. The lowest BCUT2D eigenvalue weighted by Gasteiger charge is -2.30. The van der Waals surface area contributed by atoms with Crippen molar-refractivity contribution in [3.05, 3.63) is 59.7 Å². The first-order chi connectivity index (χ1) is 13.9. The average molecular weight is 417 g/mol. The number of anilines is 1. The summed E-state index contributed by atoms with van der Waals surface area (Å²) in [5.74, 6) is -0.0452. The number of fused-ring (bicyclic) bond motifs is 1. The van der Waals surface area contributed by atoms with E-state index in [0.717, 1.165) is 29.7 Å². The summed E-state index contributed by atoms with van der Waals surface area (Å²) in [6.45, 7) is 2.85. The van der Waals surface area contributed by atoms with Crippen LogP contribution in [0.25, 0.3) is 0 Å². The number of hydrogen-bond acceptors (Lipinski definition) is 4. The molecule has 1 heterocycles. The van der Waals surface area contributed by atoms with Gasteiger partial charge in [0.05, 0.1) is 17.2 Å². The second kappa shape index (κ2) is 9.41. The van der Waals surface area contributed by atoms with E-state index in [1.54, 1.807) is 31.4 Å². The van der Waals surface area contributed by atoms with Crippen LogP contribution in [0.5, 0.6) is 0 Å². The highest BCUT2D eigenvalue weighted by atomic mass is 32.2. The molecular formula is C22H28N2O4S. The number of rotatable bonds is 8. The Hall–Kier alpha value is -2.38. The minimum absolute atomic E-state index is 0.0348. The number of benzene rings is 2. The largest absolute Gasteiger partial charge is 0.383 e. The molecule has 0 saturated heterocycles. The van der Waals surface area contributed by atoms with Gasteiger partial charge in [0.15, 0.2) is 0 Å². The van der Waals surface area contributed by atoms with Gasteiger partial charge in [-0.1, -0.05) is 30.3 Å². The van der Waals surface area contributed by atoms with Crippen molar-refractivity contribution in [1.29, 1.82) is 0 Å². The van der Waals surface area contributed by atoms with Crippen LogP contribution in [0, 0.1) is 0 Å². The number of sulfonamides is 1. The van der Waals surface area contributed by atoms with Crippen LogP contribution in [0.4, 0.5) is 5.69 Å². The molecule has 29 heavy (non-hydrogen) atoms. The molecule has 0 spiro atoms. The van der Waals surface area contributed by atoms with E-state index in [4.69, 9.17) is 4.74 Å². The number of hydrogen-bond donors (Lipinski definition) is 1. The molecule has 0 bridgehead atoms. The number of carbonyl (C=O) groups is 1. The van der Waals surface area contributed by atoms with Crippen LogP contribution in [-0.2, 0) is 32.4 Å². The molecule has 0 fully saturated rings. The smallest absolute Gasteiger partial charge is 0.264 e. The van der Waals surface area contributed by atoms with Crippen molar-refractivity contribution < 1.29 is 17.9 Å². The number of methoxy groups -OCH3 is 1. The maximum atomic E-state index is 13.2. The van der Waals surface area contributed by atoms with Gasteiger partial charge in [-0.2, -0.15) is 0 Å². The van der Waals surface area contributed by atoms with Gasteiger partial charge in [0.2, 0.25) is 5.91 Å². The fraction of sp³-hybridized carbons (Fsp3) is 0.409. The fourth-order valence-electron chi connectivity index (χ4n) is 3.60. The highest BCUT2D eigenvalue weighted by Gasteiger charge is 2.28. The molecule has 156 valence electrons. The first-order valence-corrected chi connectivity index (χ1v) is 11.3. The third-order valence-electron chi connectivity index (χ3n) is 5.04. The van der Waals surface area contributed by atoms with Crippen LogP contribution in [0.1, 0.15) is 30.9 Å². The van der Waals surface area contributed by atoms with E-state index in [0.29, 0.717) is 26.0 Å². The molecule has 3 rings (SSSR count). The number of para-hydroxylation sites is 1. The Morgan fingerprint density at radius 1 is 1.17 bits per heavy atom. The van der Waals surface area contributed by atoms with Gasteiger partial charge < -0.3 is 10.1 Å². The maximum Gasteiger partial charge on any atom is 0.264 e. The molecule has 6 nitrogen and oxygen atoms in total. The zero-order valence-corrected chi connectivity index (χ0v) is 17.7. The van der Waals surface area contributed by atoms with Crippen molar-refractivity contribution >= 4 is 21.6 Å². The number of ether oxygens (including phenoxy) is 1. The summed E-state index contributed by atoms with van der Waals surface area (Å²) in [4.78, 5) is 12.3. The van der Waals surface area contributed by atoms with E-state index < -0.39 is 10.0 Å². The Kier molecular flexibility index (Phi) is 6.92. The molecule has 1 amide bonds. The standard InChI is InChI=1S/C22H28N2O4S/c1-17(16-28-2)23-22(25)14-11-18-9-12-20(13-10-18)29(26,27)24-15-5-7-19-6-3-4-8-21(19)24/h3-4,6,8-10,12-13,17H,5,7,11,14-16H2,1-2H3,(H,23,25)/t17-/m0/s1. The van der Waals surface area contributed by atoms with Gasteiger partial charge >= 0.3 is 0 Å². The summed E-state index contributed by atoms with van der Waals surface area (Å²) in [6.07, 6.45) is 2.61. The van der Waals surface area contributed by atoms with Crippen molar-refractivity contribution in [3.8, 4) is 0 Å². The first kappa shape index (κ1) is 21.3. The molecule has 0 unspecified atom stereocenters. The third kappa shape index (κ3) is 5.16. The summed E-state index contributed by atoms with van der Waals surface area (Å²) < 4.78 is 32.8. The molecule has 7 heteroatoms. The third-order valence-corrected chi connectivity index (χ3v) is 6.87. The van der Waals surface area contributed by atoms with Gasteiger partial charge in [-0.3, -0.25) is 9.10 Å². The Labute approximate surface area is 172 Å². The molecule has 0 saturated carbocycles. The van der Waals surface area contributed by atoms with Crippen molar-refractivity contribution in [2.45, 2.75) is 43.5 Å². The monoisotopic (exact) mass is 416 g/mol. The van der Waals surface area contributed by atoms with Gasteiger partial charge in [-0.15, -0.1) is 0 Å². The molecule has 0 radical (unpaired) electrons. The quantitative estimate of drug-likeness (QED) is 0.718. The van der Waals surface area contributed by atoms with Crippen molar-refractivity contribution in [2.24, 2.45) is 0 Å². The van der Waals surface area contributed by atoms with E-state index in [-0.39, 0.29) is 16.8 Å². The normalized spacial score (nSPS) is 14.9. The highest BCUT2D eigenvalue weighted by molar-refractivity contribution is 7.92. The molecule has 2 aromatic carbocycles. The molecule has 1 atom stereocenters. The lowest BCUT2D eigenvalue weighted by atomic mass is 10.0. The van der Waals surface area contributed by atoms with Crippen LogP contribution < -0.4 is 9.62 Å². The lowest BCUT2D eigenvalue weighted by Crippen LogP contribution is -2.35. The Bertz CT molecular complexity index is 942.